The molecule has 0 radical (unpaired) electrons. The summed E-state index contributed by atoms with van der Waals surface area (Å²) in [6.45, 7) is 8.89. The van der Waals surface area contributed by atoms with Crippen molar-refractivity contribution in [3.63, 3.8) is 0 Å². The molecule has 0 bridgehead atoms. The van der Waals surface area contributed by atoms with E-state index in [9.17, 15) is 4.79 Å². The smallest absolute Gasteiger partial charge is 0.254 e. The fourth-order valence-electron chi connectivity index (χ4n) is 3.33. The maximum absolute atomic E-state index is 13.0. The largest absolute Gasteiger partial charge is 0.336 e. The summed E-state index contributed by atoms with van der Waals surface area (Å²) in [6, 6.07) is 10.1. The average molecular weight is 340 g/mol. The van der Waals surface area contributed by atoms with Crippen molar-refractivity contribution < 1.29 is 4.79 Å². The Morgan fingerprint density at radius 3 is 2.72 bits per heavy atom. The highest BCUT2D eigenvalue weighted by molar-refractivity contribution is 5.95. The van der Waals surface area contributed by atoms with Crippen LogP contribution < -0.4 is 5.32 Å². The highest BCUT2D eigenvalue weighted by Crippen LogP contribution is 2.27. The van der Waals surface area contributed by atoms with E-state index in [0.29, 0.717) is 12.5 Å². The van der Waals surface area contributed by atoms with Gasteiger partial charge in [0, 0.05) is 24.6 Å². The van der Waals surface area contributed by atoms with E-state index in [-0.39, 0.29) is 11.3 Å². The molecule has 1 aromatic heterocycles. The molecule has 2 aromatic rings. The first-order valence-electron chi connectivity index (χ1n) is 8.96. The molecule has 134 valence electrons. The normalized spacial score (nSPS) is 17.7. The zero-order valence-electron chi connectivity index (χ0n) is 15.6. The van der Waals surface area contributed by atoms with E-state index in [1.807, 2.05) is 25.2 Å². The zero-order chi connectivity index (χ0) is 18.0. The number of rotatable bonds is 4. The fraction of sp³-hybridized carbons (Fsp3) is 0.500. The minimum absolute atomic E-state index is 0.000592. The van der Waals surface area contributed by atoms with Crippen LogP contribution in [0.25, 0.3) is 0 Å². The summed E-state index contributed by atoms with van der Waals surface area (Å²) in [7, 11) is 1.85. The molecule has 0 saturated carbocycles. The highest BCUT2D eigenvalue weighted by Gasteiger charge is 2.24. The molecule has 25 heavy (non-hydrogen) atoms. The standard InChI is InChI=1S/C20H28N4O/c1-20(2,3)18-11-15(22-23-18)13-24(4)19(25)17-8-6-5-7-16(17)14-9-10-21-12-14/h5-8,11,14,21H,9-10,12-13H2,1-4H3,(H,22,23)/t14-/m1/s1. The third kappa shape index (κ3) is 3.93. The molecule has 1 aromatic carbocycles. The summed E-state index contributed by atoms with van der Waals surface area (Å²) >= 11 is 0. The number of aromatic nitrogens is 2. The zero-order valence-corrected chi connectivity index (χ0v) is 15.6. The van der Waals surface area contributed by atoms with Gasteiger partial charge in [-0.2, -0.15) is 5.10 Å². The van der Waals surface area contributed by atoms with Gasteiger partial charge < -0.3 is 10.2 Å². The van der Waals surface area contributed by atoms with Crippen LogP contribution in [-0.4, -0.2) is 41.1 Å². The summed E-state index contributed by atoms with van der Waals surface area (Å²) in [5, 5.41) is 10.8. The molecule has 0 aliphatic carbocycles. The second-order valence-corrected chi connectivity index (χ2v) is 7.97. The van der Waals surface area contributed by atoms with Crippen molar-refractivity contribution in [3.8, 4) is 0 Å². The Bertz CT molecular complexity index is 738. The van der Waals surface area contributed by atoms with Gasteiger partial charge in [-0.1, -0.05) is 39.0 Å². The molecular weight excluding hydrogens is 312 g/mol. The molecule has 1 saturated heterocycles. The lowest BCUT2D eigenvalue weighted by Gasteiger charge is -2.20. The number of carbonyl (C=O) groups excluding carboxylic acids is 1. The molecule has 0 unspecified atom stereocenters. The van der Waals surface area contributed by atoms with Crippen LogP contribution in [0.4, 0.5) is 0 Å². The lowest BCUT2D eigenvalue weighted by molar-refractivity contribution is 0.0782. The predicted molar refractivity (Wildman–Crippen MR) is 99.8 cm³/mol. The maximum Gasteiger partial charge on any atom is 0.254 e. The number of H-pyrrole nitrogens is 1. The van der Waals surface area contributed by atoms with Gasteiger partial charge in [-0.05, 0) is 36.6 Å². The summed E-state index contributed by atoms with van der Waals surface area (Å²) < 4.78 is 0. The Morgan fingerprint density at radius 1 is 1.32 bits per heavy atom. The number of amides is 1. The first-order valence-corrected chi connectivity index (χ1v) is 8.96. The Morgan fingerprint density at radius 2 is 2.08 bits per heavy atom. The van der Waals surface area contributed by atoms with Crippen molar-refractivity contribution in [3.05, 3.63) is 52.8 Å². The number of aromatic amines is 1. The molecule has 1 amide bonds. The first-order chi connectivity index (χ1) is 11.9. The molecule has 1 aliphatic rings. The van der Waals surface area contributed by atoms with Crippen LogP contribution in [0, 0.1) is 0 Å². The van der Waals surface area contributed by atoms with Crippen molar-refractivity contribution in [2.24, 2.45) is 0 Å². The molecule has 1 aliphatic heterocycles. The lowest BCUT2D eigenvalue weighted by Crippen LogP contribution is -2.28. The number of carbonyl (C=O) groups is 1. The average Bonchev–Trinajstić information content (AvgIpc) is 3.25. The quantitative estimate of drug-likeness (QED) is 0.899. The maximum atomic E-state index is 13.0. The van der Waals surface area contributed by atoms with E-state index in [1.54, 1.807) is 4.90 Å². The number of nitrogens with one attached hydrogen (secondary N) is 2. The lowest BCUT2D eigenvalue weighted by atomic mass is 9.92. The van der Waals surface area contributed by atoms with E-state index < -0.39 is 0 Å². The Hall–Kier alpha value is -2.14. The number of benzene rings is 1. The van der Waals surface area contributed by atoms with Crippen LogP contribution in [0.3, 0.4) is 0 Å². The summed E-state index contributed by atoms with van der Waals surface area (Å²) in [6.07, 6.45) is 1.09. The SMILES string of the molecule is CN(Cc1cc(C(C)(C)C)n[nH]1)C(=O)c1ccccc1[C@@H]1CCNC1. The van der Waals surface area contributed by atoms with Crippen LogP contribution in [0.5, 0.6) is 0 Å². The number of hydrogen-bond donors (Lipinski definition) is 2. The summed E-state index contributed by atoms with van der Waals surface area (Å²) in [5.74, 6) is 0.489. The van der Waals surface area contributed by atoms with E-state index in [2.05, 4.69) is 48.4 Å². The second-order valence-electron chi connectivity index (χ2n) is 7.97. The van der Waals surface area contributed by atoms with E-state index in [0.717, 1.165) is 42.0 Å². The predicted octanol–water partition coefficient (Wildman–Crippen LogP) is 3.06. The van der Waals surface area contributed by atoms with Gasteiger partial charge >= 0.3 is 0 Å². The monoisotopic (exact) mass is 340 g/mol. The van der Waals surface area contributed by atoms with Gasteiger partial charge in [-0.15, -0.1) is 0 Å². The Kier molecular flexibility index (Phi) is 4.95. The van der Waals surface area contributed by atoms with Gasteiger partial charge in [0.25, 0.3) is 5.91 Å². The van der Waals surface area contributed by atoms with Crippen molar-refractivity contribution in [2.45, 2.75) is 45.1 Å². The number of hydrogen-bond acceptors (Lipinski definition) is 3. The van der Waals surface area contributed by atoms with Gasteiger partial charge in [-0.25, -0.2) is 0 Å². The highest BCUT2D eigenvalue weighted by atomic mass is 16.2. The van der Waals surface area contributed by atoms with Crippen molar-refractivity contribution >= 4 is 5.91 Å². The molecule has 5 nitrogen and oxygen atoms in total. The Balaban J connectivity index is 1.76. The minimum atomic E-state index is -0.000592. The van der Waals surface area contributed by atoms with Gasteiger partial charge in [0.2, 0.25) is 0 Å². The molecular formula is C20H28N4O. The molecule has 2 N–H and O–H groups in total. The van der Waals surface area contributed by atoms with Crippen LogP contribution in [0.15, 0.2) is 30.3 Å². The third-order valence-electron chi connectivity index (χ3n) is 4.84. The van der Waals surface area contributed by atoms with Crippen molar-refractivity contribution in [1.82, 2.24) is 20.4 Å². The molecule has 1 atom stereocenters. The van der Waals surface area contributed by atoms with Gasteiger partial charge in [0.1, 0.15) is 0 Å². The van der Waals surface area contributed by atoms with Crippen LogP contribution in [0.2, 0.25) is 0 Å². The molecule has 3 rings (SSSR count). The molecule has 2 heterocycles. The van der Waals surface area contributed by atoms with E-state index in [1.165, 1.54) is 0 Å². The summed E-state index contributed by atoms with van der Waals surface area (Å²) in [5.41, 5.74) is 3.94. The van der Waals surface area contributed by atoms with Gasteiger partial charge in [0.05, 0.1) is 17.9 Å². The second kappa shape index (κ2) is 7.00. The van der Waals surface area contributed by atoms with Crippen molar-refractivity contribution in [1.29, 1.82) is 0 Å². The molecule has 0 spiro atoms. The van der Waals surface area contributed by atoms with E-state index in [4.69, 9.17) is 0 Å². The third-order valence-corrected chi connectivity index (χ3v) is 4.84. The van der Waals surface area contributed by atoms with Crippen LogP contribution in [-0.2, 0) is 12.0 Å². The van der Waals surface area contributed by atoms with Gasteiger partial charge in [0.15, 0.2) is 0 Å². The topological polar surface area (TPSA) is 61.0 Å². The van der Waals surface area contributed by atoms with Crippen molar-refractivity contribution in [2.75, 3.05) is 20.1 Å². The first kappa shape index (κ1) is 17.7. The fourth-order valence-corrected chi connectivity index (χ4v) is 3.33. The Labute approximate surface area is 149 Å². The molecule has 5 heteroatoms. The van der Waals surface area contributed by atoms with Crippen LogP contribution in [0.1, 0.15) is 60.4 Å². The summed E-state index contributed by atoms with van der Waals surface area (Å²) in [4.78, 5) is 14.8. The minimum Gasteiger partial charge on any atom is -0.336 e. The molecule has 1 fully saturated rings. The van der Waals surface area contributed by atoms with Crippen LogP contribution >= 0.6 is 0 Å². The van der Waals surface area contributed by atoms with Gasteiger partial charge in [-0.3, -0.25) is 9.89 Å². The number of nitrogens with zero attached hydrogens (tertiary/aromatic N) is 2. The van der Waals surface area contributed by atoms with E-state index >= 15 is 0 Å².